The van der Waals surface area contributed by atoms with E-state index >= 15 is 0 Å². The first kappa shape index (κ1) is 13.3. The van der Waals surface area contributed by atoms with Crippen LogP contribution in [0, 0.1) is 6.92 Å². The van der Waals surface area contributed by atoms with Gasteiger partial charge in [-0.15, -0.1) is 0 Å². The molecule has 2 aromatic heterocycles. The Hall–Kier alpha value is -1.72. The summed E-state index contributed by atoms with van der Waals surface area (Å²) in [7, 11) is 0. The average Bonchev–Trinajstić information content (AvgIpc) is 2.76. The first-order chi connectivity index (χ1) is 9.69. The van der Waals surface area contributed by atoms with E-state index in [9.17, 15) is 0 Å². The third-order valence-electron chi connectivity index (χ3n) is 3.18. The molecule has 20 heavy (non-hydrogen) atoms. The highest BCUT2D eigenvalue weighted by Gasteiger charge is 2.11. The third kappa shape index (κ3) is 2.34. The normalized spacial score (nSPS) is 11.2. The van der Waals surface area contributed by atoms with Crippen molar-refractivity contribution in [3.63, 3.8) is 0 Å². The summed E-state index contributed by atoms with van der Waals surface area (Å²) in [4.78, 5) is 4.53. The smallest absolute Gasteiger partial charge is 0.155 e. The van der Waals surface area contributed by atoms with Crippen LogP contribution in [-0.4, -0.2) is 21.1 Å². The maximum absolute atomic E-state index is 5.60. The van der Waals surface area contributed by atoms with E-state index in [1.165, 1.54) is 5.56 Å². The van der Waals surface area contributed by atoms with Crippen molar-refractivity contribution in [2.24, 2.45) is 5.73 Å². The number of hydrogen-bond acceptors (Lipinski definition) is 3. The molecule has 0 saturated heterocycles. The lowest BCUT2D eigenvalue weighted by Crippen LogP contribution is -2.03. The summed E-state index contributed by atoms with van der Waals surface area (Å²) in [6, 6.07) is 12.3. The quantitative estimate of drug-likeness (QED) is 0.803. The van der Waals surface area contributed by atoms with Crippen LogP contribution in [0.5, 0.6) is 0 Å². The Kier molecular flexibility index (Phi) is 3.54. The largest absolute Gasteiger partial charge is 0.330 e. The average molecular weight is 331 g/mol. The van der Waals surface area contributed by atoms with Crippen LogP contribution in [0.4, 0.5) is 0 Å². The fraction of sp³-hybridized carbons (Fsp3) is 0.200. The number of benzene rings is 1. The number of aromatic nitrogens is 3. The van der Waals surface area contributed by atoms with E-state index in [0.717, 1.165) is 33.6 Å². The van der Waals surface area contributed by atoms with Crippen molar-refractivity contribution in [3.8, 4) is 11.3 Å². The molecule has 0 saturated carbocycles. The number of rotatable bonds is 3. The number of nitrogens with two attached hydrogens (primary N) is 1. The van der Waals surface area contributed by atoms with Gasteiger partial charge in [0, 0.05) is 12.0 Å². The molecule has 2 heterocycles. The van der Waals surface area contributed by atoms with Gasteiger partial charge in [0.15, 0.2) is 5.65 Å². The zero-order chi connectivity index (χ0) is 14.1. The standard InChI is InChI=1S/C15H15BrN4/c1-10-3-2-4-11(9-10)12-5-6-14-18-13(7-8-17)15(16)20(14)19-12/h2-6,9H,7-8,17H2,1H3. The van der Waals surface area contributed by atoms with Crippen LogP contribution in [0.2, 0.25) is 0 Å². The molecular formula is C15H15BrN4. The molecule has 2 N–H and O–H groups in total. The molecule has 0 amide bonds. The summed E-state index contributed by atoms with van der Waals surface area (Å²) >= 11 is 3.56. The van der Waals surface area contributed by atoms with Crippen LogP contribution < -0.4 is 5.73 Å². The highest BCUT2D eigenvalue weighted by molar-refractivity contribution is 9.10. The van der Waals surface area contributed by atoms with E-state index in [1.807, 2.05) is 22.7 Å². The molecule has 1 aromatic carbocycles. The first-order valence-electron chi connectivity index (χ1n) is 6.50. The van der Waals surface area contributed by atoms with Crippen molar-refractivity contribution in [3.05, 3.63) is 52.3 Å². The number of halogens is 1. The molecule has 0 fully saturated rings. The Labute approximate surface area is 125 Å². The Balaban J connectivity index is 2.12. The Morgan fingerprint density at radius 3 is 2.85 bits per heavy atom. The van der Waals surface area contributed by atoms with Gasteiger partial charge in [0.2, 0.25) is 0 Å². The van der Waals surface area contributed by atoms with Crippen molar-refractivity contribution in [2.75, 3.05) is 6.54 Å². The highest BCUT2D eigenvalue weighted by atomic mass is 79.9. The van der Waals surface area contributed by atoms with Crippen LogP contribution >= 0.6 is 15.9 Å². The number of imidazole rings is 1. The highest BCUT2D eigenvalue weighted by Crippen LogP contribution is 2.22. The molecule has 0 unspecified atom stereocenters. The fourth-order valence-electron chi connectivity index (χ4n) is 2.21. The zero-order valence-electron chi connectivity index (χ0n) is 11.2. The first-order valence-corrected chi connectivity index (χ1v) is 7.29. The third-order valence-corrected chi connectivity index (χ3v) is 3.98. The molecule has 3 aromatic rings. The summed E-state index contributed by atoms with van der Waals surface area (Å²) in [6.45, 7) is 2.65. The molecule has 0 aliphatic heterocycles. The van der Waals surface area contributed by atoms with Gasteiger partial charge < -0.3 is 5.73 Å². The minimum Gasteiger partial charge on any atom is -0.330 e. The van der Waals surface area contributed by atoms with E-state index < -0.39 is 0 Å². The van der Waals surface area contributed by atoms with Gasteiger partial charge >= 0.3 is 0 Å². The van der Waals surface area contributed by atoms with E-state index in [-0.39, 0.29) is 0 Å². The van der Waals surface area contributed by atoms with Crippen molar-refractivity contribution < 1.29 is 0 Å². The van der Waals surface area contributed by atoms with Crippen molar-refractivity contribution in [1.29, 1.82) is 0 Å². The van der Waals surface area contributed by atoms with Gasteiger partial charge in [-0.25, -0.2) is 9.50 Å². The monoisotopic (exact) mass is 330 g/mol. The van der Waals surface area contributed by atoms with E-state index in [2.05, 4.69) is 51.1 Å². The Morgan fingerprint density at radius 1 is 1.25 bits per heavy atom. The van der Waals surface area contributed by atoms with E-state index in [4.69, 9.17) is 5.73 Å². The van der Waals surface area contributed by atoms with Gasteiger partial charge in [-0.05, 0) is 47.6 Å². The molecule has 0 bridgehead atoms. The second kappa shape index (κ2) is 5.34. The minimum atomic E-state index is 0.577. The minimum absolute atomic E-state index is 0.577. The van der Waals surface area contributed by atoms with Crippen molar-refractivity contribution in [1.82, 2.24) is 14.6 Å². The van der Waals surface area contributed by atoms with Gasteiger partial charge in [0.1, 0.15) is 4.60 Å². The van der Waals surface area contributed by atoms with Gasteiger partial charge in [0.05, 0.1) is 11.4 Å². The summed E-state index contributed by atoms with van der Waals surface area (Å²) in [5, 5.41) is 4.66. The summed E-state index contributed by atoms with van der Waals surface area (Å²) < 4.78 is 2.70. The predicted molar refractivity (Wildman–Crippen MR) is 83.6 cm³/mol. The van der Waals surface area contributed by atoms with E-state index in [1.54, 1.807) is 0 Å². The SMILES string of the molecule is Cc1cccc(-c2ccc3nc(CCN)c(Br)n3n2)c1. The van der Waals surface area contributed by atoms with Gasteiger partial charge in [-0.2, -0.15) is 5.10 Å². The topological polar surface area (TPSA) is 56.2 Å². The van der Waals surface area contributed by atoms with Gasteiger partial charge in [-0.1, -0.05) is 23.8 Å². The zero-order valence-corrected chi connectivity index (χ0v) is 12.8. The van der Waals surface area contributed by atoms with Crippen LogP contribution in [-0.2, 0) is 6.42 Å². The van der Waals surface area contributed by atoms with Crippen LogP contribution in [0.1, 0.15) is 11.3 Å². The molecule has 0 aliphatic carbocycles. The van der Waals surface area contributed by atoms with Crippen LogP contribution in [0.25, 0.3) is 16.9 Å². The molecule has 102 valence electrons. The number of hydrogen-bond donors (Lipinski definition) is 1. The lowest BCUT2D eigenvalue weighted by Gasteiger charge is -2.03. The second-order valence-corrected chi connectivity index (χ2v) is 5.50. The Bertz CT molecular complexity index is 764. The maximum atomic E-state index is 5.60. The Morgan fingerprint density at radius 2 is 2.10 bits per heavy atom. The molecule has 5 heteroatoms. The van der Waals surface area contributed by atoms with Crippen molar-refractivity contribution in [2.45, 2.75) is 13.3 Å². The lowest BCUT2D eigenvalue weighted by molar-refractivity contribution is 0.894. The lowest BCUT2D eigenvalue weighted by atomic mass is 10.1. The van der Waals surface area contributed by atoms with Crippen LogP contribution in [0.15, 0.2) is 41.0 Å². The molecule has 0 spiro atoms. The van der Waals surface area contributed by atoms with Crippen molar-refractivity contribution >= 4 is 21.6 Å². The predicted octanol–water partition coefficient (Wildman–Crippen LogP) is 2.97. The van der Waals surface area contributed by atoms with E-state index in [0.29, 0.717) is 6.54 Å². The van der Waals surface area contributed by atoms with Crippen LogP contribution in [0.3, 0.4) is 0 Å². The fourth-order valence-corrected chi connectivity index (χ4v) is 2.75. The number of aryl methyl sites for hydroxylation is 1. The summed E-state index contributed by atoms with van der Waals surface area (Å²) in [6.07, 6.45) is 0.740. The van der Waals surface area contributed by atoms with Gasteiger partial charge in [-0.3, -0.25) is 0 Å². The number of fused-ring (bicyclic) bond motifs is 1. The van der Waals surface area contributed by atoms with Gasteiger partial charge in [0.25, 0.3) is 0 Å². The summed E-state index contributed by atoms with van der Waals surface area (Å²) in [5.74, 6) is 0. The molecule has 0 aliphatic rings. The molecular weight excluding hydrogens is 316 g/mol. The molecule has 3 rings (SSSR count). The summed E-state index contributed by atoms with van der Waals surface area (Å²) in [5.41, 5.74) is 10.6. The maximum Gasteiger partial charge on any atom is 0.155 e. The molecule has 4 nitrogen and oxygen atoms in total. The second-order valence-electron chi connectivity index (χ2n) is 4.75. The molecule has 0 radical (unpaired) electrons. The molecule has 0 atom stereocenters. The number of nitrogens with zero attached hydrogens (tertiary/aromatic N) is 3.